The maximum Gasteiger partial charge on any atom is 0.323 e. The molecule has 0 aliphatic heterocycles. The SMILES string of the molecule is CCC(C)N(CC(=O)O)C(=O)CSCCc1ccccc1. The quantitative estimate of drug-likeness (QED) is 0.713. The Kier molecular flexibility index (Phi) is 7.90. The number of thioether (sulfide) groups is 1. The van der Waals surface area contributed by atoms with Gasteiger partial charge in [0.25, 0.3) is 0 Å². The number of nitrogens with zero attached hydrogens (tertiary/aromatic N) is 1. The third-order valence-corrected chi connectivity index (χ3v) is 4.30. The summed E-state index contributed by atoms with van der Waals surface area (Å²) in [5, 5.41) is 8.90. The average molecular weight is 309 g/mol. The summed E-state index contributed by atoms with van der Waals surface area (Å²) in [5.74, 6) is 0.143. The van der Waals surface area contributed by atoms with Crippen LogP contribution in [0.1, 0.15) is 25.8 Å². The molecule has 5 heteroatoms. The Morgan fingerprint density at radius 1 is 1.29 bits per heavy atom. The number of carboxylic acids is 1. The molecule has 1 aromatic rings. The zero-order valence-electron chi connectivity index (χ0n) is 12.6. The van der Waals surface area contributed by atoms with E-state index in [2.05, 4.69) is 12.1 Å². The number of hydrogen-bond donors (Lipinski definition) is 1. The first kappa shape index (κ1) is 17.6. The summed E-state index contributed by atoms with van der Waals surface area (Å²) in [6.45, 7) is 3.62. The van der Waals surface area contributed by atoms with Gasteiger partial charge in [-0.1, -0.05) is 37.3 Å². The van der Waals surface area contributed by atoms with Crippen LogP contribution < -0.4 is 0 Å². The highest BCUT2D eigenvalue weighted by Gasteiger charge is 2.21. The Morgan fingerprint density at radius 2 is 1.95 bits per heavy atom. The molecule has 0 saturated heterocycles. The van der Waals surface area contributed by atoms with Crippen molar-refractivity contribution in [3.05, 3.63) is 35.9 Å². The molecular formula is C16H23NO3S. The van der Waals surface area contributed by atoms with E-state index in [1.54, 1.807) is 11.8 Å². The van der Waals surface area contributed by atoms with Crippen LogP contribution in [0.15, 0.2) is 30.3 Å². The lowest BCUT2D eigenvalue weighted by Gasteiger charge is -2.26. The van der Waals surface area contributed by atoms with E-state index in [0.29, 0.717) is 5.75 Å². The number of rotatable bonds is 9. The number of aryl methyl sites for hydroxylation is 1. The normalized spacial score (nSPS) is 11.9. The molecule has 0 aliphatic carbocycles. The van der Waals surface area contributed by atoms with Gasteiger partial charge in [0.2, 0.25) is 5.91 Å². The molecule has 0 heterocycles. The molecule has 0 bridgehead atoms. The highest BCUT2D eigenvalue weighted by Crippen LogP contribution is 2.11. The zero-order valence-corrected chi connectivity index (χ0v) is 13.4. The Morgan fingerprint density at radius 3 is 2.52 bits per heavy atom. The molecule has 0 spiro atoms. The van der Waals surface area contributed by atoms with Gasteiger partial charge in [-0.25, -0.2) is 0 Å². The number of carbonyl (C=O) groups excluding carboxylic acids is 1. The fourth-order valence-electron chi connectivity index (χ4n) is 1.93. The number of carboxylic acid groups (broad SMARTS) is 1. The van der Waals surface area contributed by atoms with Crippen molar-refractivity contribution in [2.45, 2.75) is 32.7 Å². The lowest BCUT2D eigenvalue weighted by molar-refractivity contribution is -0.144. The van der Waals surface area contributed by atoms with Gasteiger partial charge in [-0.2, -0.15) is 11.8 Å². The third-order valence-electron chi connectivity index (χ3n) is 3.35. The summed E-state index contributed by atoms with van der Waals surface area (Å²) < 4.78 is 0. The van der Waals surface area contributed by atoms with Crippen LogP contribution in [0.25, 0.3) is 0 Å². The maximum absolute atomic E-state index is 12.1. The molecule has 0 saturated carbocycles. The van der Waals surface area contributed by atoms with Crippen LogP contribution in [0.4, 0.5) is 0 Å². The van der Waals surface area contributed by atoms with E-state index in [0.717, 1.165) is 18.6 Å². The van der Waals surface area contributed by atoms with Crippen molar-refractivity contribution in [3.8, 4) is 0 Å². The van der Waals surface area contributed by atoms with Crippen molar-refractivity contribution in [2.75, 3.05) is 18.1 Å². The molecule has 1 amide bonds. The van der Waals surface area contributed by atoms with Crippen molar-refractivity contribution < 1.29 is 14.7 Å². The van der Waals surface area contributed by atoms with Crippen molar-refractivity contribution in [3.63, 3.8) is 0 Å². The summed E-state index contributed by atoms with van der Waals surface area (Å²) in [6.07, 6.45) is 1.68. The Hall–Kier alpha value is -1.49. The monoisotopic (exact) mass is 309 g/mol. The van der Waals surface area contributed by atoms with Gasteiger partial charge in [0.1, 0.15) is 6.54 Å². The van der Waals surface area contributed by atoms with Gasteiger partial charge >= 0.3 is 5.97 Å². The smallest absolute Gasteiger partial charge is 0.323 e. The van der Waals surface area contributed by atoms with E-state index < -0.39 is 5.97 Å². The second-order valence-corrected chi connectivity index (χ2v) is 6.07. The van der Waals surface area contributed by atoms with Gasteiger partial charge < -0.3 is 10.0 Å². The summed E-state index contributed by atoms with van der Waals surface area (Å²) in [7, 11) is 0. The van der Waals surface area contributed by atoms with Crippen LogP contribution in [0.5, 0.6) is 0 Å². The van der Waals surface area contributed by atoms with Crippen molar-refractivity contribution in [1.82, 2.24) is 4.90 Å². The lowest BCUT2D eigenvalue weighted by atomic mass is 10.2. The molecule has 4 nitrogen and oxygen atoms in total. The van der Waals surface area contributed by atoms with Crippen LogP contribution in [0, 0.1) is 0 Å². The molecule has 0 fully saturated rings. The number of carbonyl (C=O) groups is 2. The largest absolute Gasteiger partial charge is 0.480 e. The number of amides is 1. The first-order valence-corrected chi connectivity index (χ1v) is 8.33. The van der Waals surface area contributed by atoms with Crippen molar-refractivity contribution in [2.24, 2.45) is 0 Å². The Bertz CT molecular complexity index is 450. The van der Waals surface area contributed by atoms with E-state index in [1.807, 2.05) is 32.0 Å². The fourth-order valence-corrected chi connectivity index (χ4v) is 2.80. The molecule has 1 atom stereocenters. The van der Waals surface area contributed by atoms with Gasteiger partial charge in [-0.05, 0) is 31.1 Å². The summed E-state index contributed by atoms with van der Waals surface area (Å²) in [5.41, 5.74) is 1.25. The van der Waals surface area contributed by atoms with Gasteiger partial charge in [0.15, 0.2) is 0 Å². The topological polar surface area (TPSA) is 57.6 Å². The van der Waals surface area contributed by atoms with E-state index >= 15 is 0 Å². The zero-order chi connectivity index (χ0) is 15.7. The molecule has 1 unspecified atom stereocenters. The van der Waals surface area contributed by atoms with E-state index in [9.17, 15) is 9.59 Å². The Balaban J connectivity index is 2.37. The van der Waals surface area contributed by atoms with E-state index in [-0.39, 0.29) is 18.5 Å². The molecule has 0 radical (unpaired) electrons. The summed E-state index contributed by atoms with van der Waals surface area (Å²) in [4.78, 5) is 24.4. The third kappa shape index (κ3) is 6.67. The average Bonchev–Trinajstić information content (AvgIpc) is 2.49. The second-order valence-electron chi connectivity index (χ2n) is 4.96. The standard InChI is InChI=1S/C16H23NO3S/c1-3-13(2)17(11-16(19)20)15(18)12-21-10-9-14-7-5-4-6-8-14/h4-8,13H,3,9-12H2,1-2H3,(H,19,20). The molecule has 0 aliphatic rings. The first-order chi connectivity index (χ1) is 10.0. The number of aliphatic carboxylic acids is 1. The predicted molar refractivity (Wildman–Crippen MR) is 86.6 cm³/mol. The lowest BCUT2D eigenvalue weighted by Crippen LogP contribution is -2.42. The van der Waals surface area contributed by atoms with Crippen LogP contribution in [-0.4, -0.2) is 46.0 Å². The number of benzene rings is 1. The van der Waals surface area contributed by atoms with Gasteiger partial charge in [-0.15, -0.1) is 0 Å². The van der Waals surface area contributed by atoms with Crippen LogP contribution in [0.3, 0.4) is 0 Å². The minimum atomic E-state index is -0.960. The summed E-state index contributed by atoms with van der Waals surface area (Å²) in [6, 6.07) is 10.1. The first-order valence-electron chi connectivity index (χ1n) is 7.17. The highest BCUT2D eigenvalue weighted by atomic mass is 32.2. The second kappa shape index (κ2) is 9.45. The van der Waals surface area contributed by atoms with Gasteiger partial charge in [0.05, 0.1) is 5.75 Å². The molecule has 116 valence electrons. The Labute approximate surface area is 130 Å². The van der Waals surface area contributed by atoms with Gasteiger partial charge in [0, 0.05) is 6.04 Å². The van der Waals surface area contributed by atoms with E-state index in [1.165, 1.54) is 10.5 Å². The predicted octanol–water partition coefficient (Wildman–Crippen LogP) is 2.67. The minimum Gasteiger partial charge on any atom is -0.480 e. The molecule has 1 aromatic carbocycles. The maximum atomic E-state index is 12.1. The molecule has 21 heavy (non-hydrogen) atoms. The molecule has 1 N–H and O–H groups in total. The minimum absolute atomic E-state index is 0.0386. The molecular weight excluding hydrogens is 286 g/mol. The van der Waals surface area contributed by atoms with E-state index in [4.69, 9.17) is 5.11 Å². The van der Waals surface area contributed by atoms with Crippen molar-refractivity contribution >= 4 is 23.6 Å². The van der Waals surface area contributed by atoms with Gasteiger partial charge in [-0.3, -0.25) is 9.59 Å². The van der Waals surface area contributed by atoms with Crippen molar-refractivity contribution in [1.29, 1.82) is 0 Å². The summed E-state index contributed by atoms with van der Waals surface area (Å²) >= 11 is 1.56. The number of hydrogen-bond acceptors (Lipinski definition) is 3. The molecule has 0 aromatic heterocycles. The van der Waals surface area contributed by atoms with Crippen LogP contribution in [-0.2, 0) is 16.0 Å². The highest BCUT2D eigenvalue weighted by molar-refractivity contribution is 7.99. The fraction of sp³-hybridized carbons (Fsp3) is 0.500. The molecule has 1 rings (SSSR count). The van der Waals surface area contributed by atoms with Crippen LogP contribution in [0.2, 0.25) is 0 Å². The van der Waals surface area contributed by atoms with Crippen LogP contribution >= 0.6 is 11.8 Å².